The van der Waals surface area contributed by atoms with E-state index in [9.17, 15) is 4.79 Å². The van der Waals surface area contributed by atoms with Crippen molar-refractivity contribution in [2.24, 2.45) is 17.6 Å². The zero-order valence-corrected chi connectivity index (χ0v) is 12.0. The SMILES string of the molecule is CC(C)C1OCCC1CNC(=O)C1(N)CCOCC1. The van der Waals surface area contributed by atoms with E-state index in [0.717, 1.165) is 13.0 Å². The van der Waals surface area contributed by atoms with Gasteiger partial charge in [0.25, 0.3) is 0 Å². The van der Waals surface area contributed by atoms with Crippen molar-refractivity contribution in [1.82, 2.24) is 5.32 Å². The quantitative estimate of drug-likeness (QED) is 0.787. The molecule has 3 N–H and O–H groups in total. The van der Waals surface area contributed by atoms with Crippen LogP contribution < -0.4 is 11.1 Å². The third-order valence-electron chi connectivity index (χ3n) is 4.28. The molecule has 2 saturated heterocycles. The zero-order chi connectivity index (χ0) is 13.9. The average Bonchev–Trinajstić information content (AvgIpc) is 2.85. The molecule has 0 bridgehead atoms. The summed E-state index contributed by atoms with van der Waals surface area (Å²) in [6, 6.07) is 0. The highest BCUT2D eigenvalue weighted by Crippen LogP contribution is 2.26. The minimum absolute atomic E-state index is 0.0368. The predicted molar refractivity (Wildman–Crippen MR) is 72.7 cm³/mol. The van der Waals surface area contributed by atoms with Crippen molar-refractivity contribution in [3.63, 3.8) is 0 Å². The van der Waals surface area contributed by atoms with E-state index in [1.807, 2.05) is 0 Å². The first kappa shape index (κ1) is 14.8. The summed E-state index contributed by atoms with van der Waals surface area (Å²) >= 11 is 0. The van der Waals surface area contributed by atoms with Gasteiger partial charge < -0.3 is 20.5 Å². The Bertz CT molecular complexity index is 314. The molecule has 2 fully saturated rings. The molecule has 2 rings (SSSR count). The molecule has 0 saturated carbocycles. The van der Waals surface area contributed by atoms with Crippen molar-refractivity contribution in [2.45, 2.75) is 44.8 Å². The molecule has 0 aliphatic carbocycles. The molecular weight excluding hydrogens is 244 g/mol. The summed E-state index contributed by atoms with van der Waals surface area (Å²) in [6.07, 6.45) is 2.48. The van der Waals surface area contributed by atoms with Gasteiger partial charge in [-0.1, -0.05) is 13.8 Å². The van der Waals surface area contributed by atoms with Crippen LogP contribution in [-0.4, -0.2) is 43.9 Å². The van der Waals surface area contributed by atoms with E-state index in [4.69, 9.17) is 15.2 Å². The molecule has 2 aliphatic heterocycles. The predicted octanol–water partition coefficient (Wildman–Crippen LogP) is 0.672. The van der Waals surface area contributed by atoms with E-state index < -0.39 is 5.54 Å². The van der Waals surface area contributed by atoms with Crippen LogP contribution in [0.25, 0.3) is 0 Å². The fourth-order valence-corrected chi connectivity index (χ4v) is 2.97. The van der Waals surface area contributed by atoms with Gasteiger partial charge in [-0.2, -0.15) is 0 Å². The van der Waals surface area contributed by atoms with Crippen LogP contribution in [-0.2, 0) is 14.3 Å². The Kier molecular flexibility index (Phi) is 4.81. The number of rotatable bonds is 4. The van der Waals surface area contributed by atoms with Crippen LogP contribution >= 0.6 is 0 Å². The highest BCUT2D eigenvalue weighted by molar-refractivity contribution is 5.86. The molecule has 0 aromatic rings. The van der Waals surface area contributed by atoms with E-state index in [0.29, 0.717) is 44.4 Å². The Morgan fingerprint density at radius 1 is 1.37 bits per heavy atom. The Morgan fingerprint density at radius 3 is 2.68 bits per heavy atom. The molecular formula is C14H26N2O3. The first-order valence-electron chi connectivity index (χ1n) is 7.29. The molecule has 0 aromatic heterocycles. The standard InChI is InChI=1S/C14H26N2O3/c1-10(2)12-11(3-6-19-12)9-16-13(17)14(15)4-7-18-8-5-14/h10-12H,3-9,15H2,1-2H3,(H,16,17). The van der Waals surface area contributed by atoms with E-state index in [2.05, 4.69) is 19.2 Å². The smallest absolute Gasteiger partial charge is 0.240 e. The Balaban J connectivity index is 1.83. The summed E-state index contributed by atoms with van der Waals surface area (Å²) in [7, 11) is 0. The Morgan fingerprint density at radius 2 is 2.05 bits per heavy atom. The maximum Gasteiger partial charge on any atom is 0.240 e. The lowest BCUT2D eigenvalue weighted by Crippen LogP contribution is -2.57. The third-order valence-corrected chi connectivity index (χ3v) is 4.28. The first-order valence-corrected chi connectivity index (χ1v) is 7.29. The molecule has 0 spiro atoms. The molecule has 5 heteroatoms. The first-order chi connectivity index (χ1) is 9.03. The van der Waals surface area contributed by atoms with Crippen LogP contribution in [0.2, 0.25) is 0 Å². The molecule has 0 aromatic carbocycles. The van der Waals surface area contributed by atoms with Crippen molar-refractivity contribution in [3.05, 3.63) is 0 Å². The fourth-order valence-electron chi connectivity index (χ4n) is 2.97. The molecule has 2 atom stereocenters. The highest BCUT2D eigenvalue weighted by Gasteiger charge is 2.37. The zero-order valence-electron chi connectivity index (χ0n) is 12.0. The molecule has 1 amide bonds. The number of hydrogen-bond acceptors (Lipinski definition) is 4. The minimum Gasteiger partial charge on any atom is -0.381 e. The maximum atomic E-state index is 12.2. The van der Waals surface area contributed by atoms with Crippen LogP contribution in [0.4, 0.5) is 0 Å². The lowest BCUT2D eigenvalue weighted by atomic mass is 9.89. The largest absolute Gasteiger partial charge is 0.381 e. The van der Waals surface area contributed by atoms with Gasteiger partial charge in [-0.25, -0.2) is 0 Å². The summed E-state index contributed by atoms with van der Waals surface area (Å²) in [6.45, 7) is 6.93. The van der Waals surface area contributed by atoms with Gasteiger partial charge in [-0.3, -0.25) is 4.79 Å². The second kappa shape index (κ2) is 6.20. The van der Waals surface area contributed by atoms with E-state index in [1.165, 1.54) is 0 Å². The monoisotopic (exact) mass is 270 g/mol. The number of carbonyl (C=O) groups is 1. The van der Waals surface area contributed by atoms with Crippen LogP contribution in [0.1, 0.15) is 33.1 Å². The second-order valence-electron chi connectivity index (χ2n) is 6.11. The highest BCUT2D eigenvalue weighted by atomic mass is 16.5. The van der Waals surface area contributed by atoms with Crippen LogP contribution in [0.3, 0.4) is 0 Å². The van der Waals surface area contributed by atoms with Crippen LogP contribution in [0, 0.1) is 11.8 Å². The summed E-state index contributed by atoms with van der Waals surface area (Å²) in [4.78, 5) is 12.2. The van der Waals surface area contributed by atoms with Gasteiger partial charge in [0.15, 0.2) is 0 Å². The van der Waals surface area contributed by atoms with Gasteiger partial charge in [0.2, 0.25) is 5.91 Å². The fraction of sp³-hybridized carbons (Fsp3) is 0.929. The van der Waals surface area contributed by atoms with E-state index >= 15 is 0 Å². The molecule has 19 heavy (non-hydrogen) atoms. The van der Waals surface area contributed by atoms with Gasteiger partial charge in [0.05, 0.1) is 11.6 Å². The number of nitrogens with one attached hydrogen (secondary N) is 1. The number of ether oxygens (including phenoxy) is 2. The van der Waals surface area contributed by atoms with Crippen molar-refractivity contribution in [1.29, 1.82) is 0 Å². The molecule has 2 aliphatic rings. The summed E-state index contributed by atoms with van der Waals surface area (Å²) in [5.74, 6) is 0.858. The topological polar surface area (TPSA) is 73.6 Å². The molecule has 110 valence electrons. The number of hydrogen-bond donors (Lipinski definition) is 2. The van der Waals surface area contributed by atoms with Crippen molar-refractivity contribution >= 4 is 5.91 Å². The Hall–Kier alpha value is -0.650. The lowest BCUT2D eigenvalue weighted by molar-refractivity contribution is -0.130. The summed E-state index contributed by atoms with van der Waals surface area (Å²) in [5, 5.41) is 3.02. The van der Waals surface area contributed by atoms with Gasteiger partial charge >= 0.3 is 0 Å². The van der Waals surface area contributed by atoms with Gasteiger partial charge in [0, 0.05) is 32.3 Å². The van der Waals surface area contributed by atoms with Crippen molar-refractivity contribution in [2.75, 3.05) is 26.4 Å². The summed E-state index contributed by atoms with van der Waals surface area (Å²) in [5.41, 5.74) is 5.41. The van der Waals surface area contributed by atoms with Gasteiger partial charge in [0.1, 0.15) is 0 Å². The molecule has 2 unspecified atom stereocenters. The average molecular weight is 270 g/mol. The molecule has 2 heterocycles. The number of amides is 1. The minimum atomic E-state index is -0.745. The van der Waals surface area contributed by atoms with Crippen LogP contribution in [0.5, 0.6) is 0 Å². The third kappa shape index (κ3) is 3.46. The maximum absolute atomic E-state index is 12.2. The Labute approximate surface area is 115 Å². The number of carbonyl (C=O) groups excluding carboxylic acids is 1. The van der Waals surface area contributed by atoms with E-state index in [1.54, 1.807) is 0 Å². The van der Waals surface area contributed by atoms with Crippen molar-refractivity contribution < 1.29 is 14.3 Å². The normalized spacial score (nSPS) is 30.5. The van der Waals surface area contributed by atoms with E-state index in [-0.39, 0.29) is 12.0 Å². The van der Waals surface area contributed by atoms with Crippen LogP contribution in [0.15, 0.2) is 0 Å². The lowest BCUT2D eigenvalue weighted by Gasteiger charge is -2.32. The second-order valence-corrected chi connectivity index (χ2v) is 6.11. The van der Waals surface area contributed by atoms with Crippen molar-refractivity contribution in [3.8, 4) is 0 Å². The molecule has 0 radical (unpaired) electrons. The van der Waals surface area contributed by atoms with Gasteiger partial charge in [-0.15, -0.1) is 0 Å². The molecule has 5 nitrogen and oxygen atoms in total. The number of nitrogens with two attached hydrogens (primary N) is 1. The summed E-state index contributed by atoms with van der Waals surface area (Å²) < 4.78 is 11.0. The van der Waals surface area contributed by atoms with Gasteiger partial charge in [-0.05, 0) is 25.2 Å².